The molecule has 2 rings (SSSR count). The Kier molecular flexibility index (Phi) is 11.9. The van der Waals surface area contributed by atoms with Crippen molar-refractivity contribution in [1.29, 1.82) is 0 Å². The van der Waals surface area contributed by atoms with Crippen LogP contribution in [0.1, 0.15) is 31.7 Å². The molecule has 0 saturated carbocycles. The molecule has 28 heavy (non-hydrogen) atoms. The van der Waals surface area contributed by atoms with Crippen LogP contribution in [0.3, 0.4) is 0 Å². The lowest BCUT2D eigenvalue weighted by Gasteiger charge is -2.21. The van der Waals surface area contributed by atoms with Crippen LogP contribution in [0.4, 0.5) is 0 Å². The maximum absolute atomic E-state index is 12.2. The fourth-order valence-electron chi connectivity index (χ4n) is 2.98. The van der Waals surface area contributed by atoms with Crippen molar-refractivity contribution in [3.63, 3.8) is 0 Å². The smallest absolute Gasteiger partial charge is 0.191 e. The predicted octanol–water partition coefficient (Wildman–Crippen LogP) is 2.32. The molecule has 0 bridgehead atoms. The Morgan fingerprint density at radius 2 is 2.04 bits per heavy atom. The van der Waals surface area contributed by atoms with E-state index in [1.54, 1.807) is 0 Å². The molecule has 1 atom stereocenters. The maximum Gasteiger partial charge on any atom is 0.191 e. The topological polar surface area (TPSA) is 72.0 Å². The lowest BCUT2D eigenvalue weighted by atomic mass is 10.0. The molecule has 0 radical (unpaired) electrons. The van der Waals surface area contributed by atoms with Crippen molar-refractivity contribution in [3.05, 3.63) is 35.9 Å². The standard InChI is InChI=1S/C21H35N3O3S/c1-2-22-21(23-11-6-13-27-17-19-9-14-26-15-10-19)24-12-16-28(25)18-20-7-4-3-5-8-20/h3-5,7-8,19H,2,6,9-18H2,1H3,(H2,22,23,24). The summed E-state index contributed by atoms with van der Waals surface area (Å²) >= 11 is 0. The molecule has 0 aromatic heterocycles. The van der Waals surface area contributed by atoms with Crippen LogP contribution in [0.25, 0.3) is 0 Å². The summed E-state index contributed by atoms with van der Waals surface area (Å²) in [7, 11) is -0.878. The van der Waals surface area contributed by atoms with E-state index in [-0.39, 0.29) is 0 Å². The normalized spacial score (nSPS) is 16.7. The number of benzene rings is 1. The van der Waals surface area contributed by atoms with Gasteiger partial charge in [-0.15, -0.1) is 0 Å². The van der Waals surface area contributed by atoms with Crippen LogP contribution < -0.4 is 10.6 Å². The van der Waals surface area contributed by atoms with Gasteiger partial charge in [-0.2, -0.15) is 0 Å². The Morgan fingerprint density at radius 3 is 2.79 bits per heavy atom. The maximum atomic E-state index is 12.2. The molecular formula is C21H35N3O3S. The van der Waals surface area contributed by atoms with Crippen molar-refractivity contribution in [2.24, 2.45) is 10.9 Å². The molecular weight excluding hydrogens is 374 g/mol. The molecule has 6 nitrogen and oxygen atoms in total. The Labute approximate surface area is 171 Å². The van der Waals surface area contributed by atoms with Gasteiger partial charge in [0.05, 0.1) is 0 Å². The van der Waals surface area contributed by atoms with E-state index in [9.17, 15) is 4.21 Å². The number of rotatable bonds is 12. The lowest BCUT2D eigenvalue weighted by molar-refractivity contribution is 0.0205. The summed E-state index contributed by atoms with van der Waals surface area (Å²) in [6, 6.07) is 9.97. The number of nitrogens with one attached hydrogen (secondary N) is 2. The van der Waals surface area contributed by atoms with Crippen LogP contribution in [0.5, 0.6) is 0 Å². The molecule has 1 aliphatic rings. The van der Waals surface area contributed by atoms with E-state index in [1.807, 2.05) is 37.3 Å². The minimum Gasteiger partial charge on any atom is -0.381 e. The van der Waals surface area contributed by atoms with E-state index < -0.39 is 10.8 Å². The number of nitrogens with zero attached hydrogens (tertiary/aromatic N) is 1. The first-order valence-corrected chi connectivity index (χ1v) is 11.8. The molecule has 158 valence electrons. The van der Waals surface area contributed by atoms with Gasteiger partial charge in [0.2, 0.25) is 0 Å². The monoisotopic (exact) mass is 409 g/mol. The first kappa shape index (κ1) is 22.8. The first-order valence-electron chi connectivity index (χ1n) is 10.3. The highest BCUT2D eigenvalue weighted by Crippen LogP contribution is 2.14. The molecule has 1 heterocycles. The highest BCUT2D eigenvalue weighted by atomic mass is 32.2. The molecule has 0 amide bonds. The summed E-state index contributed by atoms with van der Waals surface area (Å²) in [6.07, 6.45) is 3.12. The summed E-state index contributed by atoms with van der Waals surface area (Å²) in [5.74, 6) is 2.63. The van der Waals surface area contributed by atoms with Crippen LogP contribution in [-0.4, -0.2) is 62.0 Å². The van der Waals surface area contributed by atoms with Crippen molar-refractivity contribution >= 4 is 16.8 Å². The van der Waals surface area contributed by atoms with E-state index >= 15 is 0 Å². The fraction of sp³-hybridized carbons (Fsp3) is 0.667. The van der Waals surface area contributed by atoms with Crippen LogP contribution in [0.15, 0.2) is 35.3 Å². The van der Waals surface area contributed by atoms with Crippen molar-refractivity contribution < 1.29 is 13.7 Å². The first-order chi connectivity index (χ1) is 13.8. The molecule has 1 fully saturated rings. The molecule has 2 N–H and O–H groups in total. The van der Waals surface area contributed by atoms with Crippen molar-refractivity contribution in [3.8, 4) is 0 Å². The summed E-state index contributed by atoms with van der Waals surface area (Å²) < 4.78 is 23.3. The average Bonchev–Trinajstić information content (AvgIpc) is 2.72. The molecule has 1 saturated heterocycles. The van der Waals surface area contributed by atoms with Gasteiger partial charge in [0.15, 0.2) is 5.96 Å². The van der Waals surface area contributed by atoms with E-state index in [0.717, 1.165) is 70.3 Å². The number of hydrogen-bond donors (Lipinski definition) is 2. The van der Waals surface area contributed by atoms with Crippen molar-refractivity contribution in [2.75, 3.05) is 51.8 Å². The van der Waals surface area contributed by atoms with Gasteiger partial charge in [-0.1, -0.05) is 30.3 Å². The molecule has 1 aliphatic heterocycles. The highest BCUT2D eigenvalue weighted by Gasteiger charge is 2.13. The molecule has 0 spiro atoms. The fourth-order valence-corrected chi connectivity index (χ4v) is 4.02. The van der Waals surface area contributed by atoms with Gasteiger partial charge in [0.25, 0.3) is 0 Å². The van der Waals surface area contributed by atoms with Crippen LogP contribution >= 0.6 is 0 Å². The second kappa shape index (κ2) is 14.5. The predicted molar refractivity (Wildman–Crippen MR) is 116 cm³/mol. The molecule has 7 heteroatoms. The Morgan fingerprint density at radius 1 is 1.25 bits per heavy atom. The number of hydrogen-bond acceptors (Lipinski definition) is 4. The number of guanidine groups is 1. The van der Waals surface area contributed by atoms with Gasteiger partial charge in [-0.3, -0.25) is 9.20 Å². The number of ether oxygens (including phenoxy) is 2. The Balaban J connectivity index is 1.57. The highest BCUT2D eigenvalue weighted by molar-refractivity contribution is 7.84. The molecule has 0 aliphatic carbocycles. The Hall–Kier alpha value is -1.44. The van der Waals surface area contributed by atoms with Gasteiger partial charge >= 0.3 is 0 Å². The van der Waals surface area contributed by atoms with E-state index in [4.69, 9.17) is 9.47 Å². The molecule has 1 unspecified atom stereocenters. The second-order valence-electron chi connectivity index (χ2n) is 6.95. The van der Waals surface area contributed by atoms with Crippen LogP contribution in [-0.2, 0) is 26.0 Å². The summed E-state index contributed by atoms with van der Waals surface area (Å²) in [5.41, 5.74) is 1.11. The van der Waals surface area contributed by atoms with Gasteiger partial charge in [-0.25, -0.2) is 0 Å². The summed E-state index contributed by atoms with van der Waals surface area (Å²) in [4.78, 5) is 4.57. The van der Waals surface area contributed by atoms with Gasteiger partial charge in [-0.05, 0) is 37.7 Å². The minimum absolute atomic E-state index is 0.598. The van der Waals surface area contributed by atoms with Gasteiger partial charge < -0.3 is 20.1 Å². The molecule has 1 aromatic rings. The van der Waals surface area contributed by atoms with Gasteiger partial charge in [0, 0.05) is 68.4 Å². The van der Waals surface area contributed by atoms with Crippen LogP contribution in [0, 0.1) is 5.92 Å². The minimum atomic E-state index is -0.878. The largest absolute Gasteiger partial charge is 0.381 e. The summed E-state index contributed by atoms with van der Waals surface area (Å²) in [6.45, 7) is 7.51. The summed E-state index contributed by atoms with van der Waals surface area (Å²) in [5, 5.41) is 6.50. The van der Waals surface area contributed by atoms with Crippen molar-refractivity contribution in [2.45, 2.75) is 31.9 Å². The SMILES string of the molecule is CCNC(=NCCCOCC1CCOCC1)NCCS(=O)Cc1ccccc1. The Bertz CT molecular complexity index is 578. The lowest BCUT2D eigenvalue weighted by Crippen LogP contribution is -2.39. The third-order valence-corrected chi connectivity index (χ3v) is 5.86. The number of aliphatic imine (C=N–C) groups is 1. The van der Waals surface area contributed by atoms with E-state index in [1.165, 1.54) is 0 Å². The molecule has 1 aromatic carbocycles. The third kappa shape index (κ3) is 10.2. The van der Waals surface area contributed by atoms with E-state index in [0.29, 0.717) is 24.0 Å². The zero-order valence-corrected chi connectivity index (χ0v) is 17.8. The third-order valence-electron chi connectivity index (χ3n) is 4.55. The van der Waals surface area contributed by atoms with Crippen molar-refractivity contribution in [1.82, 2.24) is 10.6 Å². The second-order valence-corrected chi connectivity index (χ2v) is 8.52. The van der Waals surface area contributed by atoms with E-state index in [2.05, 4.69) is 15.6 Å². The zero-order chi connectivity index (χ0) is 19.9. The zero-order valence-electron chi connectivity index (χ0n) is 17.0. The van der Waals surface area contributed by atoms with Crippen LogP contribution in [0.2, 0.25) is 0 Å². The van der Waals surface area contributed by atoms with Gasteiger partial charge in [0.1, 0.15) is 0 Å². The quantitative estimate of drug-likeness (QED) is 0.315. The average molecular weight is 410 g/mol.